The lowest BCUT2D eigenvalue weighted by atomic mass is 10.1. The summed E-state index contributed by atoms with van der Waals surface area (Å²) in [4.78, 5) is 16.4. The second kappa shape index (κ2) is 5.88. The number of hydrogen-bond donors (Lipinski definition) is 2. The normalized spacial score (nSPS) is 10.5. The van der Waals surface area contributed by atoms with Crippen LogP contribution < -0.4 is 5.32 Å². The quantitative estimate of drug-likeness (QED) is 0.776. The molecule has 0 radical (unpaired) electrons. The third-order valence-electron chi connectivity index (χ3n) is 3.18. The highest BCUT2D eigenvalue weighted by atomic mass is 32.1. The molecule has 106 valence electrons. The fourth-order valence-corrected chi connectivity index (χ4v) is 2.79. The summed E-state index contributed by atoms with van der Waals surface area (Å²) in [5, 5.41) is 10.4. The van der Waals surface area contributed by atoms with E-state index in [-0.39, 0.29) is 5.91 Å². The summed E-state index contributed by atoms with van der Waals surface area (Å²) in [5.41, 5.74) is 5.31. The number of aryl methyl sites for hydroxylation is 1. The van der Waals surface area contributed by atoms with Gasteiger partial charge in [-0.15, -0.1) is 11.3 Å². The van der Waals surface area contributed by atoms with Gasteiger partial charge < -0.3 is 5.32 Å². The molecule has 0 atom stereocenters. The zero-order chi connectivity index (χ0) is 14.7. The molecule has 21 heavy (non-hydrogen) atoms. The van der Waals surface area contributed by atoms with Crippen LogP contribution in [0.1, 0.15) is 23.0 Å². The standard InChI is InChI=1S/C15H14N4OS/c1-2-13-15(21-9-16-13)19-14(20)11-5-3-10(4-6-11)12-7-17-18-8-12/h3-9H,2H2,1H3,(H,17,18)(H,19,20). The molecular weight excluding hydrogens is 284 g/mol. The number of H-pyrrole nitrogens is 1. The fraction of sp³-hybridized carbons (Fsp3) is 0.133. The fourth-order valence-electron chi connectivity index (χ4n) is 2.02. The Balaban J connectivity index is 1.76. The van der Waals surface area contributed by atoms with Gasteiger partial charge in [-0.25, -0.2) is 4.98 Å². The lowest BCUT2D eigenvalue weighted by molar-refractivity contribution is 0.102. The number of rotatable bonds is 4. The number of aromatic amines is 1. The Bertz CT molecular complexity index is 731. The van der Waals surface area contributed by atoms with E-state index in [1.807, 2.05) is 37.4 Å². The predicted molar refractivity (Wildman–Crippen MR) is 83.5 cm³/mol. The number of carbonyl (C=O) groups excluding carboxylic acids is 1. The van der Waals surface area contributed by atoms with E-state index in [0.29, 0.717) is 5.56 Å². The van der Waals surface area contributed by atoms with Crippen molar-refractivity contribution in [2.24, 2.45) is 0 Å². The maximum Gasteiger partial charge on any atom is 0.256 e. The average molecular weight is 298 g/mol. The summed E-state index contributed by atoms with van der Waals surface area (Å²) in [6, 6.07) is 7.44. The van der Waals surface area contributed by atoms with Crippen LogP contribution in [-0.2, 0) is 6.42 Å². The summed E-state index contributed by atoms with van der Waals surface area (Å²) in [6.45, 7) is 2.02. The van der Waals surface area contributed by atoms with Crippen LogP contribution in [0.2, 0.25) is 0 Å². The van der Waals surface area contributed by atoms with E-state index in [9.17, 15) is 4.79 Å². The molecule has 0 unspecified atom stereocenters. The van der Waals surface area contributed by atoms with E-state index in [2.05, 4.69) is 20.5 Å². The Hall–Kier alpha value is -2.47. The van der Waals surface area contributed by atoms with Crippen molar-refractivity contribution in [3.8, 4) is 11.1 Å². The van der Waals surface area contributed by atoms with Crippen LogP contribution in [0.15, 0.2) is 42.2 Å². The monoisotopic (exact) mass is 298 g/mol. The summed E-state index contributed by atoms with van der Waals surface area (Å²) in [7, 11) is 0. The second-order valence-electron chi connectivity index (χ2n) is 4.50. The lowest BCUT2D eigenvalue weighted by Gasteiger charge is -2.05. The minimum atomic E-state index is -0.118. The van der Waals surface area contributed by atoms with Crippen molar-refractivity contribution in [1.29, 1.82) is 0 Å². The first-order chi connectivity index (χ1) is 10.3. The Kier molecular flexibility index (Phi) is 3.79. The van der Waals surface area contributed by atoms with Gasteiger partial charge in [-0.2, -0.15) is 5.10 Å². The molecule has 2 heterocycles. The molecule has 3 rings (SSSR count). The van der Waals surface area contributed by atoms with Crippen LogP contribution in [0, 0.1) is 0 Å². The largest absolute Gasteiger partial charge is 0.312 e. The number of nitrogens with zero attached hydrogens (tertiary/aromatic N) is 2. The van der Waals surface area contributed by atoms with Crippen molar-refractivity contribution in [2.75, 3.05) is 5.32 Å². The van der Waals surface area contributed by atoms with Crippen molar-refractivity contribution in [3.63, 3.8) is 0 Å². The van der Waals surface area contributed by atoms with Crippen molar-refractivity contribution in [2.45, 2.75) is 13.3 Å². The van der Waals surface area contributed by atoms with Gasteiger partial charge in [-0.1, -0.05) is 19.1 Å². The average Bonchev–Trinajstić information content (AvgIpc) is 3.18. The first-order valence-electron chi connectivity index (χ1n) is 6.61. The zero-order valence-electron chi connectivity index (χ0n) is 11.5. The molecule has 0 aliphatic rings. The van der Waals surface area contributed by atoms with E-state index in [4.69, 9.17) is 0 Å². The van der Waals surface area contributed by atoms with Crippen LogP contribution in [0.4, 0.5) is 5.00 Å². The molecule has 1 aromatic carbocycles. The summed E-state index contributed by atoms with van der Waals surface area (Å²) >= 11 is 1.44. The topological polar surface area (TPSA) is 70.7 Å². The molecule has 2 aromatic heterocycles. The molecule has 0 aliphatic heterocycles. The molecule has 1 amide bonds. The maximum absolute atomic E-state index is 12.2. The highest BCUT2D eigenvalue weighted by Gasteiger charge is 2.10. The molecule has 5 nitrogen and oxygen atoms in total. The molecular formula is C15H14N4OS. The molecule has 0 fully saturated rings. The molecule has 6 heteroatoms. The summed E-state index contributed by atoms with van der Waals surface area (Å²) < 4.78 is 0. The van der Waals surface area contributed by atoms with Crippen molar-refractivity contribution < 1.29 is 4.79 Å². The van der Waals surface area contributed by atoms with E-state index < -0.39 is 0 Å². The molecule has 0 bridgehead atoms. The van der Waals surface area contributed by atoms with Gasteiger partial charge in [0.25, 0.3) is 5.91 Å². The number of aromatic nitrogens is 3. The highest BCUT2D eigenvalue weighted by molar-refractivity contribution is 7.14. The predicted octanol–water partition coefficient (Wildman–Crippen LogP) is 3.35. The number of benzene rings is 1. The SMILES string of the molecule is CCc1ncsc1NC(=O)c1ccc(-c2cn[nH]c2)cc1. The van der Waals surface area contributed by atoms with Crippen molar-refractivity contribution in [1.82, 2.24) is 15.2 Å². The van der Waals surface area contributed by atoms with Crippen LogP contribution in [0.5, 0.6) is 0 Å². The van der Waals surface area contributed by atoms with Gasteiger partial charge in [0.05, 0.1) is 17.4 Å². The summed E-state index contributed by atoms with van der Waals surface area (Å²) in [5.74, 6) is -0.118. The molecule has 0 saturated heterocycles. The molecule has 0 aliphatic carbocycles. The first-order valence-corrected chi connectivity index (χ1v) is 7.49. The number of hydrogen-bond acceptors (Lipinski definition) is 4. The van der Waals surface area contributed by atoms with Gasteiger partial charge >= 0.3 is 0 Å². The Morgan fingerprint density at radius 3 is 2.76 bits per heavy atom. The first kappa shape index (κ1) is 13.5. The number of amides is 1. The van der Waals surface area contributed by atoms with Crippen LogP contribution in [0.25, 0.3) is 11.1 Å². The zero-order valence-corrected chi connectivity index (χ0v) is 12.3. The van der Waals surface area contributed by atoms with Crippen molar-refractivity contribution in [3.05, 3.63) is 53.4 Å². The van der Waals surface area contributed by atoms with E-state index in [0.717, 1.165) is 28.2 Å². The van der Waals surface area contributed by atoms with Gasteiger partial charge in [0, 0.05) is 17.3 Å². The van der Waals surface area contributed by atoms with Gasteiger partial charge in [-0.05, 0) is 24.1 Å². The Morgan fingerprint density at radius 1 is 1.29 bits per heavy atom. The van der Waals surface area contributed by atoms with E-state index >= 15 is 0 Å². The number of anilines is 1. The second-order valence-corrected chi connectivity index (χ2v) is 5.35. The molecule has 2 N–H and O–H groups in total. The van der Waals surface area contributed by atoms with Gasteiger partial charge in [-0.3, -0.25) is 9.89 Å². The minimum absolute atomic E-state index is 0.118. The Morgan fingerprint density at radius 2 is 2.10 bits per heavy atom. The van der Waals surface area contributed by atoms with E-state index in [1.54, 1.807) is 11.7 Å². The van der Waals surface area contributed by atoms with Gasteiger partial charge in [0.1, 0.15) is 5.00 Å². The van der Waals surface area contributed by atoms with Crippen molar-refractivity contribution >= 4 is 22.2 Å². The minimum Gasteiger partial charge on any atom is -0.312 e. The van der Waals surface area contributed by atoms with Gasteiger partial charge in [0.15, 0.2) is 0 Å². The third kappa shape index (κ3) is 2.85. The van der Waals surface area contributed by atoms with Gasteiger partial charge in [0.2, 0.25) is 0 Å². The number of thiazole rings is 1. The highest BCUT2D eigenvalue weighted by Crippen LogP contribution is 2.22. The smallest absolute Gasteiger partial charge is 0.256 e. The Labute approximate surface area is 126 Å². The molecule has 3 aromatic rings. The number of carbonyl (C=O) groups is 1. The van der Waals surface area contributed by atoms with Crippen LogP contribution in [0.3, 0.4) is 0 Å². The third-order valence-corrected chi connectivity index (χ3v) is 3.97. The lowest BCUT2D eigenvalue weighted by Crippen LogP contribution is -2.11. The maximum atomic E-state index is 12.2. The van der Waals surface area contributed by atoms with E-state index in [1.165, 1.54) is 11.3 Å². The molecule has 0 spiro atoms. The van der Waals surface area contributed by atoms with Crippen LogP contribution in [-0.4, -0.2) is 21.1 Å². The summed E-state index contributed by atoms with van der Waals surface area (Å²) in [6.07, 6.45) is 4.37. The number of nitrogens with one attached hydrogen (secondary N) is 2. The van der Waals surface area contributed by atoms with Crippen LogP contribution >= 0.6 is 11.3 Å². The molecule has 0 saturated carbocycles.